The van der Waals surface area contributed by atoms with Crippen LogP contribution in [0.1, 0.15) is 20.8 Å². The fourth-order valence-electron chi connectivity index (χ4n) is 2.27. The van der Waals surface area contributed by atoms with Crippen LogP contribution in [0.5, 0.6) is 11.5 Å². The molecule has 4 N–H and O–H groups in total. The van der Waals surface area contributed by atoms with Gasteiger partial charge in [-0.05, 0) is 39.0 Å². The van der Waals surface area contributed by atoms with Crippen LogP contribution in [0, 0.1) is 0 Å². The number of aliphatic hydroxyl groups excluding tert-OH is 2. The van der Waals surface area contributed by atoms with Crippen LogP contribution in [0.4, 0.5) is 0 Å². The van der Waals surface area contributed by atoms with Crippen LogP contribution in [-0.4, -0.2) is 53.2 Å². The lowest BCUT2D eigenvalue weighted by Gasteiger charge is -2.23. The smallest absolute Gasteiger partial charge is 0.248 e. The Bertz CT molecular complexity index is 751. The lowest BCUT2D eigenvalue weighted by atomic mass is 10.1. The molecule has 2 rings (SSSR count). The van der Waals surface area contributed by atoms with E-state index in [2.05, 4.69) is 10.3 Å². The maximum Gasteiger partial charge on any atom is 0.248 e. The fraction of sp³-hybridized carbons (Fsp3) is 0.500. The van der Waals surface area contributed by atoms with Crippen molar-refractivity contribution in [2.75, 3.05) is 26.4 Å². The number of aromatic amines is 1. The number of fused-ring (bicyclic) bond motifs is 1. The summed E-state index contributed by atoms with van der Waals surface area (Å²) in [6.07, 6.45) is -0.664. The fourth-order valence-corrected chi connectivity index (χ4v) is 2.27. The third-order valence-electron chi connectivity index (χ3n) is 3.46. The molecule has 0 aliphatic rings. The van der Waals surface area contributed by atoms with Crippen molar-refractivity contribution < 1.29 is 19.7 Å². The molecule has 0 spiro atoms. The van der Waals surface area contributed by atoms with Crippen molar-refractivity contribution in [3.05, 3.63) is 34.6 Å². The zero-order valence-corrected chi connectivity index (χ0v) is 14.8. The van der Waals surface area contributed by atoms with E-state index in [4.69, 9.17) is 14.6 Å². The molecule has 0 aliphatic heterocycles. The lowest BCUT2D eigenvalue weighted by Crippen LogP contribution is -2.42. The van der Waals surface area contributed by atoms with Gasteiger partial charge < -0.3 is 30.0 Å². The third-order valence-corrected chi connectivity index (χ3v) is 3.46. The molecular weight excluding hydrogens is 324 g/mol. The molecular formula is C18H26N2O5. The topological polar surface area (TPSA) is 104 Å². The Kier molecular flexibility index (Phi) is 6.41. The second-order valence-electron chi connectivity index (χ2n) is 6.84. The van der Waals surface area contributed by atoms with Gasteiger partial charge in [0, 0.05) is 23.5 Å². The minimum absolute atomic E-state index is 0.0845. The number of β-amino-alcohol motifs (C(OH)–C–C–N with tert-alkyl or cyclic N) is 1. The van der Waals surface area contributed by atoms with Gasteiger partial charge in [-0.15, -0.1) is 0 Å². The van der Waals surface area contributed by atoms with Crippen LogP contribution in [0.2, 0.25) is 0 Å². The summed E-state index contributed by atoms with van der Waals surface area (Å²) in [5.41, 5.74) is 0.160. The molecule has 0 amide bonds. The molecule has 0 bridgehead atoms. The highest BCUT2D eigenvalue weighted by atomic mass is 16.5. The van der Waals surface area contributed by atoms with E-state index in [9.17, 15) is 9.90 Å². The highest BCUT2D eigenvalue weighted by Crippen LogP contribution is 2.31. The van der Waals surface area contributed by atoms with Crippen molar-refractivity contribution in [1.82, 2.24) is 10.3 Å². The second-order valence-corrected chi connectivity index (χ2v) is 6.84. The number of pyridine rings is 1. The minimum Gasteiger partial charge on any atom is -0.490 e. The van der Waals surface area contributed by atoms with Gasteiger partial charge >= 0.3 is 0 Å². The Labute approximate surface area is 146 Å². The quantitative estimate of drug-likeness (QED) is 0.567. The Morgan fingerprint density at radius 3 is 2.56 bits per heavy atom. The number of hydrogen-bond acceptors (Lipinski definition) is 6. The van der Waals surface area contributed by atoms with Crippen molar-refractivity contribution in [3.8, 4) is 11.5 Å². The lowest BCUT2D eigenvalue weighted by molar-refractivity contribution is 0.101. The van der Waals surface area contributed by atoms with Gasteiger partial charge in [-0.25, -0.2) is 0 Å². The van der Waals surface area contributed by atoms with E-state index in [-0.39, 0.29) is 30.9 Å². The van der Waals surface area contributed by atoms with Gasteiger partial charge in [0.25, 0.3) is 0 Å². The van der Waals surface area contributed by atoms with Crippen molar-refractivity contribution in [2.24, 2.45) is 0 Å². The number of aliphatic hydroxyl groups is 2. The van der Waals surface area contributed by atoms with Gasteiger partial charge in [0.05, 0.1) is 12.1 Å². The SMILES string of the molecule is CC(C)(C)NCC(O)COc1ccc(OCCO)c2[nH]c(=O)ccc12. The van der Waals surface area contributed by atoms with Crippen molar-refractivity contribution in [1.29, 1.82) is 0 Å². The standard InChI is InChI=1S/C18H26N2O5/c1-18(2,3)19-10-12(22)11-25-14-5-6-15(24-9-8-21)17-13(14)4-7-16(23)20-17/h4-7,12,19,21-22H,8-11H2,1-3H3,(H,20,23). The predicted octanol–water partition coefficient (Wildman–Crippen LogP) is 1.03. The summed E-state index contributed by atoms with van der Waals surface area (Å²) in [5, 5.41) is 22.9. The maximum absolute atomic E-state index is 11.6. The number of nitrogens with one attached hydrogen (secondary N) is 2. The van der Waals surface area contributed by atoms with Crippen LogP contribution < -0.4 is 20.3 Å². The molecule has 1 aromatic carbocycles. The molecule has 7 heteroatoms. The maximum atomic E-state index is 11.6. The average molecular weight is 350 g/mol. The van der Waals surface area contributed by atoms with E-state index in [1.54, 1.807) is 18.2 Å². The second kappa shape index (κ2) is 8.33. The van der Waals surface area contributed by atoms with Crippen molar-refractivity contribution in [2.45, 2.75) is 32.4 Å². The number of aromatic nitrogens is 1. The van der Waals surface area contributed by atoms with Crippen molar-refractivity contribution in [3.63, 3.8) is 0 Å². The summed E-state index contributed by atoms with van der Waals surface area (Å²) < 4.78 is 11.2. The molecule has 2 aromatic rings. The van der Waals surface area contributed by atoms with Crippen LogP contribution in [-0.2, 0) is 0 Å². The number of benzene rings is 1. The summed E-state index contributed by atoms with van der Waals surface area (Å²) in [7, 11) is 0. The molecule has 1 heterocycles. The third kappa shape index (κ3) is 5.74. The first-order valence-corrected chi connectivity index (χ1v) is 8.26. The summed E-state index contributed by atoms with van der Waals surface area (Å²) in [5.74, 6) is 1.00. The van der Waals surface area contributed by atoms with Crippen LogP contribution in [0.3, 0.4) is 0 Å². The molecule has 25 heavy (non-hydrogen) atoms. The number of hydrogen-bond donors (Lipinski definition) is 4. The van der Waals surface area contributed by atoms with Crippen LogP contribution >= 0.6 is 0 Å². The van der Waals surface area contributed by atoms with E-state index in [1.807, 2.05) is 20.8 Å². The Morgan fingerprint density at radius 1 is 1.16 bits per heavy atom. The molecule has 7 nitrogen and oxygen atoms in total. The highest BCUT2D eigenvalue weighted by Gasteiger charge is 2.14. The predicted molar refractivity (Wildman–Crippen MR) is 96.4 cm³/mol. The van der Waals surface area contributed by atoms with Gasteiger partial charge in [-0.1, -0.05) is 0 Å². The molecule has 0 saturated heterocycles. The minimum atomic E-state index is -0.664. The molecule has 1 unspecified atom stereocenters. The Balaban J connectivity index is 2.15. The van der Waals surface area contributed by atoms with Gasteiger partial charge in [0.15, 0.2) is 0 Å². The first kappa shape index (κ1) is 19.2. The largest absolute Gasteiger partial charge is 0.490 e. The zero-order chi connectivity index (χ0) is 18.4. The Hall–Kier alpha value is -2.09. The molecule has 0 radical (unpaired) electrons. The zero-order valence-electron chi connectivity index (χ0n) is 14.8. The molecule has 0 fully saturated rings. The number of rotatable bonds is 8. The van der Waals surface area contributed by atoms with Gasteiger partial charge in [-0.2, -0.15) is 0 Å². The molecule has 1 aromatic heterocycles. The van der Waals surface area contributed by atoms with Crippen LogP contribution in [0.15, 0.2) is 29.1 Å². The van der Waals surface area contributed by atoms with E-state index < -0.39 is 6.10 Å². The normalized spacial score (nSPS) is 13.0. The molecule has 138 valence electrons. The van der Waals surface area contributed by atoms with Gasteiger partial charge in [0.2, 0.25) is 5.56 Å². The average Bonchev–Trinajstić information content (AvgIpc) is 2.55. The highest BCUT2D eigenvalue weighted by molar-refractivity contribution is 5.89. The molecule has 0 saturated carbocycles. The number of H-pyrrole nitrogens is 1. The van der Waals surface area contributed by atoms with E-state index >= 15 is 0 Å². The molecule has 0 aliphatic carbocycles. The monoisotopic (exact) mass is 350 g/mol. The summed E-state index contributed by atoms with van der Waals surface area (Å²) >= 11 is 0. The summed E-state index contributed by atoms with van der Waals surface area (Å²) in [6, 6.07) is 6.44. The van der Waals surface area contributed by atoms with E-state index in [0.29, 0.717) is 28.9 Å². The Morgan fingerprint density at radius 2 is 1.88 bits per heavy atom. The first-order chi connectivity index (χ1) is 11.8. The summed E-state index contributed by atoms with van der Waals surface area (Å²) in [6.45, 7) is 6.61. The van der Waals surface area contributed by atoms with E-state index in [1.165, 1.54) is 6.07 Å². The first-order valence-electron chi connectivity index (χ1n) is 8.26. The number of ether oxygens (including phenoxy) is 2. The molecule has 1 atom stereocenters. The van der Waals surface area contributed by atoms with Crippen LogP contribution in [0.25, 0.3) is 10.9 Å². The van der Waals surface area contributed by atoms with E-state index in [0.717, 1.165) is 0 Å². The van der Waals surface area contributed by atoms with Gasteiger partial charge in [0.1, 0.15) is 30.8 Å². The summed E-state index contributed by atoms with van der Waals surface area (Å²) in [4.78, 5) is 14.3. The van der Waals surface area contributed by atoms with Crippen molar-refractivity contribution >= 4 is 10.9 Å². The van der Waals surface area contributed by atoms with Gasteiger partial charge in [-0.3, -0.25) is 4.79 Å².